The number of aryl methyl sites for hydroxylation is 1. The molecule has 0 amide bonds. The summed E-state index contributed by atoms with van der Waals surface area (Å²) < 4.78 is 26.4. The molecule has 1 aromatic rings. The summed E-state index contributed by atoms with van der Waals surface area (Å²) >= 11 is 1.67. The van der Waals surface area contributed by atoms with E-state index < -0.39 is 10.0 Å². The highest BCUT2D eigenvalue weighted by molar-refractivity contribution is 8.03. The number of benzene rings is 1. The molecule has 156 valence electrons. The van der Waals surface area contributed by atoms with E-state index in [-0.39, 0.29) is 11.0 Å². The minimum atomic E-state index is -3.20. The number of piperazine rings is 1. The van der Waals surface area contributed by atoms with Crippen LogP contribution in [0.4, 0.5) is 11.4 Å². The average Bonchev–Trinajstić information content (AvgIpc) is 2.66. The van der Waals surface area contributed by atoms with Crippen LogP contribution in [-0.4, -0.2) is 49.9 Å². The third kappa shape index (κ3) is 3.73. The molecule has 2 heterocycles. The van der Waals surface area contributed by atoms with Crippen LogP contribution in [0.15, 0.2) is 39.3 Å². The molecule has 4 rings (SSSR count). The molecule has 0 unspecified atom stereocenters. The van der Waals surface area contributed by atoms with Gasteiger partial charge in [0.2, 0.25) is 10.0 Å². The number of ketones is 1. The van der Waals surface area contributed by atoms with Gasteiger partial charge < -0.3 is 10.2 Å². The molecular formula is C21H27N3O3S2. The summed E-state index contributed by atoms with van der Waals surface area (Å²) in [4.78, 5) is 16.4. The molecular weight excluding hydrogens is 406 g/mol. The van der Waals surface area contributed by atoms with Gasteiger partial charge in [-0.1, -0.05) is 11.8 Å². The predicted octanol–water partition coefficient (Wildman–Crippen LogP) is 3.50. The molecule has 29 heavy (non-hydrogen) atoms. The van der Waals surface area contributed by atoms with Crippen LogP contribution < -0.4 is 10.2 Å². The lowest BCUT2D eigenvalue weighted by molar-refractivity contribution is -0.114. The maximum absolute atomic E-state index is 12.4. The highest BCUT2D eigenvalue weighted by Gasteiger charge is 2.31. The van der Waals surface area contributed by atoms with E-state index in [4.69, 9.17) is 0 Å². The molecule has 0 saturated carbocycles. The SMILES string of the molecule is CC1=CC(=O)CC2=C1Nc1c(C)cc(N3CCN(S(=O)(=O)C(C)C)CC3)cc1S2. The summed E-state index contributed by atoms with van der Waals surface area (Å²) in [5.74, 6) is 0.148. The Morgan fingerprint density at radius 2 is 1.79 bits per heavy atom. The predicted molar refractivity (Wildman–Crippen MR) is 119 cm³/mol. The van der Waals surface area contributed by atoms with Gasteiger partial charge >= 0.3 is 0 Å². The number of hydrogen-bond donors (Lipinski definition) is 1. The third-order valence-electron chi connectivity index (χ3n) is 5.71. The van der Waals surface area contributed by atoms with Crippen molar-refractivity contribution in [3.05, 3.63) is 39.9 Å². The van der Waals surface area contributed by atoms with Gasteiger partial charge in [0.05, 0.1) is 16.6 Å². The summed E-state index contributed by atoms with van der Waals surface area (Å²) in [6, 6.07) is 4.33. The van der Waals surface area contributed by atoms with Crippen molar-refractivity contribution in [1.82, 2.24) is 4.31 Å². The molecule has 0 radical (unpaired) electrons. The van der Waals surface area contributed by atoms with Crippen LogP contribution in [0, 0.1) is 6.92 Å². The van der Waals surface area contributed by atoms with E-state index in [1.165, 1.54) is 0 Å². The number of sulfonamides is 1. The number of hydrogen-bond acceptors (Lipinski definition) is 6. The van der Waals surface area contributed by atoms with E-state index in [1.54, 1.807) is 36.0 Å². The van der Waals surface area contributed by atoms with Gasteiger partial charge in [-0.15, -0.1) is 0 Å². The van der Waals surface area contributed by atoms with Crippen molar-refractivity contribution in [3.63, 3.8) is 0 Å². The number of anilines is 2. The van der Waals surface area contributed by atoms with E-state index in [0.717, 1.165) is 38.0 Å². The summed E-state index contributed by atoms with van der Waals surface area (Å²) in [6.45, 7) is 9.90. The van der Waals surface area contributed by atoms with Gasteiger partial charge in [-0.3, -0.25) is 4.79 Å². The van der Waals surface area contributed by atoms with Crippen LogP contribution in [0.5, 0.6) is 0 Å². The van der Waals surface area contributed by atoms with Crippen molar-refractivity contribution < 1.29 is 13.2 Å². The maximum atomic E-state index is 12.4. The van der Waals surface area contributed by atoms with E-state index in [2.05, 4.69) is 29.3 Å². The second kappa shape index (κ2) is 7.49. The molecule has 0 bridgehead atoms. The van der Waals surface area contributed by atoms with Crippen molar-refractivity contribution in [1.29, 1.82) is 0 Å². The average molecular weight is 434 g/mol. The minimum Gasteiger partial charge on any atom is -0.369 e. The number of fused-ring (bicyclic) bond motifs is 1. The van der Waals surface area contributed by atoms with Crippen molar-refractivity contribution in [2.75, 3.05) is 36.4 Å². The first-order chi connectivity index (χ1) is 13.7. The van der Waals surface area contributed by atoms with Crippen LogP contribution in [0.1, 0.15) is 32.8 Å². The largest absolute Gasteiger partial charge is 0.369 e. The Hall–Kier alpha value is -1.77. The number of nitrogens with one attached hydrogen (secondary N) is 1. The Balaban J connectivity index is 1.55. The number of carbonyl (C=O) groups is 1. The van der Waals surface area contributed by atoms with Gasteiger partial charge in [0, 0.05) is 48.1 Å². The zero-order valence-corrected chi connectivity index (χ0v) is 18.9. The molecule has 0 atom stereocenters. The number of thioether (sulfide) groups is 1. The number of rotatable bonds is 3. The molecule has 1 N–H and O–H groups in total. The van der Waals surface area contributed by atoms with Crippen LogP contribution >= 0.6 is 11.8 Å². The molecule has 8 heteroatoms. The van der Waals surface area contributed by atoms with Crippen LogP contribution in [-0.2, 0) is 14.8 Å². The Morgan fingerprint density at radius 3 is 2.45 bits per heavy atom. The third-order valence-corrected chi connectivity index (χ3v) is 9.13. The Kier molecular flexibility index (Phi) is 5.29. The number of nitrogens with zero attached hydrogens (tertiary/aromatic N) is 2. The standard InChI is InChI=1S/C21H27N3O3S2/c1-13(2)29(26,27)24-7-5-23(6-8-24)16-9-14(3)20-18(11-16)28-19-12-17(25)10-15(4)21(19)22-20/h9-11,13,22H,5-8,12H2,1-4H3. The molecule has 3 aliphatic rings. The van der Waals surface area contributed by atoms with Gasteiger partial charge in [-0.05, 0) is 57.0 Å². The van der Waals surface area contributed by atoms with E-state index >= 15 is 0 Å². The highest BCUT2D eigenvalue weighted by Crippen LogP contribution is 2.47. The first-order valence-corrected chi connectivity index (χ1v) is 12.3. The van der Waals surface area contributed by atoms with Crippen LogP contribution in [0.25, 0.3) is 0 Å². The van der Waals surface area contributed by atoms with Gasteiger partial charge in [0.25, 0.3) is 0 Å². The Labute approximate surface area is 177 Å². The lowest BCUT2D eigenvalue weighted by atomic mass is 10.0. The highest BCUT2D eigenvalue weighted by atomic mass is 32.2. The zero-order valence-electron chi connectivity index (χ0n) is 17.3. The van der Waals surface area contributed by atoms with Crippen molar-refractivity contribution >= 4 is 38.9 Å². The Morgan fingerprint density at radius 1 is 1.10 bits per heavy atom. The zero-order chi connectivity index (χ0) is 20.9. The number of carbonyl (C=O) groups excluding carboxylic acids is 1. The monoisotopic (exact) mass is 433 g/mol. The Bertz CT molecular complexity index is 1030. The molecule has 2 aliphatic heterocycles. The second-order valence-electron chi connectivity index (χ2n) is 8.11. The fourth-order valence-electron chi connectivity index (χ4n) is 4.00. The van der Waals surface area contributed by atoms with Crippen LogP contribution in [0.3, 0.4) is 0 Å². The van der Waals surface area contributed by atoms with Crippen LogP contribution in [0.2, 0.25) is 0 Å². The summed E-state index contributed by atoms with van der Waals surface area (Å²) in [6.07, 6.45) is 2.16. The molecule has 6 nitrogen and oxygen atoms in total. The van der Waals surface area contributed by atoms with Crippen molar-refractivity contribution in [3.8, 4) is 0 Å². The fourth-order valence-corrected chi connectivity index (χ4v) is 6.56. The fraction of sp³-hybridized carbons (Fsp3) is 0.476. The topological polar surface area (TPSA) is 69.7 Å². The van der Waals surface area contributed by atoms with Gasteiger partial charge in [0.15, 0.2) is 5.78 Å². The summed E-state index contributed by atoms with van der Waals surface area (Å²) in [7, 11) is -3.20. The minimum absolute atomic E-state index is 0.148. The first-order valence-electron chi connectivity index (χ1n) is 9.95. The first kappa shape index (κ1) is 20.5. The smallest absolute Gasteiger partial charge is 0.216 e. The van der Waals surface area contributed by atoms with Gasteiger partial charge in [-0.2, -0.15) is 4.31 Å². The molecule has 0 spiro atoms. The quantitative estimate of drug-likeness (QED) is 0.787. The van der Waals surface area contributed by atoms with E-state index in [0.29, 0.717) is 32.6 Å². The molecule has 1 aliphatic carbocycles. The molecule has 1 fully saturated rings. The summed E-state index contributed by atoms with van der Waals surface area (Å²) in [5, 5.41) is 3.15. The van der Waals surface area contributed by atoms with Gasteiger partial charge in [0.1, 0.15) is 0 Å². The van der Waals surface area contributed by atoms with E-state index in [9.17, 15) is 13.2 Å². The lowest BCUT2D eigenvalue weighted by Gasteiger charge is -2.37. The summed E-state index contributed by atoms with van der Waals surface area (Å²) in [5.41, 5.74) is 5.40. The second-order valence-corrected chi connectivity index (χ2v) is 11.7. The van der Waals surface area contributed by atoms with E-state index in [1.807, 2.05) is 6.92 Å². The normalized spacial score (nSPS) is 20.4. The lowest BCUT2D eigenvalue weighted by Crippen LogP contribution is -2.50. The molecule has 0 aromatic heterocycles. The van der Waals surface area contributed by atoms with Crippen molar-refractivity contribution in [2.24, 2.45) is 0 Å². The maximum Gasteiger partial charge on any atom is 0.216 e. The van der Waals surface area contributed by atoms with Crippen molar-refractivity contribution in [2.45, 2.75) is 44.3 Å². The number of allylic oxidation sites excluding steroid dienone is 3. The molecule has 1 saturated heterocycles. The van der Waals surface area contributed by atoms with Gasteiger partial charge in [-0.25, -0.2) is 8.42 Å². The molecule has 1 aromatic carbocycles.